The average Bonchev–Trinajstić information content (AvgIpc) is 2.85. The van der Waals surface area contributed by atoms with E-state index in [2.05, 4.69) is 59.3 Å². The van der Waals surface area contributed by atoms with Crippen LogP contribution in [0.2, 0.25) is 0 Å². The minimum absolute atomic E-state index is 0.129. The van der Waals surface area contributed by atoms with E-state index >= 15 is 0 Å². The van der Waals surface area contributed by atoms with E-state index in [1.54, 1.807) is 6.92 Å². The molecule has 0 spiro atoms. The van der Waals surface area contributed by atoms with Gasteiger partial charge in [0.15, 0.2) is 0 Å². The summed E-state index contributed by atoms with van der Waals surface area (Å²) < 4.78 is 2.31. The summed E-state index contributed by atoms with van der Waals surface area (Å²) in [5.41, 5.74) is 9.13. The third kappa shape index (κ3) is 2.46. The Balaban J connectivity index is 2.02. The smallest absolute Gasteiger partial charge is 0.236 e. The van der Waals surface area contributed by atoms with Gasteiger partial charge in [-0.25, -0.2) is 0 Å². The van der Waals surface area contributed by atoms with Crippen LogP contribution in [0.1, 0.15) is 19.4 Å². The molecule has 0 bridgehead atoms. The first-order valence-corrected chi connectivity index (χ1v) is 7.65. The van der Waals surface area contributed by atoms with Crippen LogP contribution >= 0.6 is 0 Å². The van der Waals surface area contributed by atoms with E-state index in [0.29, 0.717) is 6.54 Å². The van der Waals surface area contributed by atoms with E-state index < -0.39 is 6.04 Å². The van der Waals surface area contributed by atoms with Crippen LogP contribution in [0, 0.1) is 0 Å². The van der Waals surface area contributed by atoms with Crippen LogP contribution < -0.4 is 11.1 Å². The van der Waals surface area contributed by atoms with Crippen molar-refractivity contribution < 1.29 is 4.79 Å². The number of para-hydroxylation sites is 1. The van der Waals surface area contributed by atoms with Gasteiger partial charge in [0.25, 0.3) is 0 Å². The lowest BCUT2D eigenvalue weighted by Crippen LogP contribution is -2.37. The van der Waals surface area contributed by atoms with Crippen LogP contribution in [0.15, 0.2) is 42.5 Å². The number of nitrogens with zero attached hydrogens (tertiary/aromatic N) is 1. The summed E-state index contributed by atoms with van der Waals surface area (Å²) >= 11 is 0. The lowest BCUT2D eigenvalue weighted by molar-refractivity contribution is -0.122. The first-order chi connectivity index (χ1) is 10.6. The highest BCUT2D eigenvalue weighted by Crippen LogP contribution is 2.29. The molecule has 0 saturated heterocycles. The maximum Gasteiger partial charge on any atom is 0.236 e. The summed E-state index contributed by atoms with van der Waals surface area (Å²) in [6.45, 7) is 5.28. The third-order valence-electron chi connectivity index (χ3n) is 4.03. The van der Waals surface area contributed by atoms with Gasteiger partial charge in [-0.15, -0.1) is 0 Å². The van der Waals surface area contributed by atoms with Crippen LogP contribution in [0.25, 0.3) is 21.8 Å². The molecule has 0 aliphatic carbocycles. The Labute approximate surface area is 129 Å². The number of aryl methyl sites for hydroxylation is 1. The van der Waals surface area contributed by atoms with Crippen molar-refractivity contribution in [3.8, 4) is 0 Å². The van der Waals surface area contributed by atoms with Crippen molar-refractivity contribution in [2.45, 2.75) is 33.0 Å². The van der Waals surface area contributed by atoms with Gasteiger partial charge in [-0.05, 0) is 37.6 Å². The second-order valence-electron chi connectivity index (χ2n) is 5.62. The van der Waals surface area contributed by atoms with Crippen LogP contribution in [0.3, 0.4) is 0 Å². The average molecular weight is 295 g/mol. The summed E-state index contributed by atoms with van der Waals surface area (Å²) in [5.74, 6) is -0.129. The molecule has 3 rings (SSSR count). The van der Waals surface area contributed by atoms with Crippen LogP contribution in [0.4, 0.5) is 0 Å². The van der Waals surface area contributed by atoms with Gasteiger partial charge in [0.1, 0.15) is 0 Å². The zero-order chi connectivity index (χ0) is 15.7. The fraction of sp³-hybridized carbons (Fsp3) is 0.278. The second-order valence-corrected chi connectivity index (χ2v) is 5.62. The molecule has 3 aromatic rings. The quantitative estimate of drug-likeness (QED) is 0.777. The molecule has 0 aliphatic heterocycles. The molecule has 1 aromatic heterocycles. The van der Waals surface area contributed by atoms with Gasteiger partial charge in [-0.1, -0.05) is 24.3 Å². The Morgan fingerprint density at radius 3 is 2.64 bits per heavy atom. The molecule has 1 heterocycles. The Hall–Kier alpha value is -2.33. The predicted molar refractivity (Wildman–Crippen MR) is 90.6 cm³/mol. The Bertz CT molecular complexity index is 833. The van der Waals surface area contributed by atoms with Gasteiger partial charge in [-0.3, -0.25) is 4.79 Å². The van der Waals surface area contributed by atoms with E-state index in [9.17, 15) is 4.79 Å². The standard InChI is InChI=1S/C18H21N3O/c1-3-21-16-7-5-4-6-14(16)15-10-13(8-9-17(15)21)11-20-18(22)12(2)19/h4-10,12H,3,11,19H2,1-2H3,(H,20,22)/t12-/m1/s1. The maximum atomic E-state index is 11.6. The molecule has 2 aromatic carbocycles. The molecule has 0 unspecified atom stereocenters. The van der Waals surface area contributed by atoms with Gasteiger partial charge in [0, 0.05) is 34.9 Å². The fourth-order valence-electron chi connectivity index (χ4n) is 2.90. The third-order valence-corrected chi connectivity index (χ3v) is 4.03. The van der Waals surface area contributed by atoms with Crippen molar-refractivity contribution >= 4 is 27.7 Å². The summed E-state index contributed by atoms with van der Waals surface area (Å²) in [5, 5.41) is 5.34. The molecule has 1 atom stereocenters. The van der Waals surface area contributed by atoms with Gasteiger partial charge >= 0.3 is 0 Å². The first-order valence-electron chi connectivity index (χ1n) is 7.65. The van der Waals surface area contributed by atoms with Crippen LogP contribution in [-0.4, -0.2) is 16.5 Å². The number of hydrogen-bond acceptors (Lipinski definition) is 2. The summed E-state index contributed by atoms with van der Waals surface area (Å²) in [7, 11) is 0. The summed E-state index contributed by atoms with van der Waals surface area (Å²) in [6, 6.07) is 14.3. The molecular formula is C18H21N3O. The first kappa shape index (κ1) is 14.6. The lowest BCUT2D eigenvalue weighted by Gasteiger charge is -2.08. The van der Waals surface area contributed by atoms with E-state index in [4.69, 9.17) is 5.73 Å². The van der Waals surface area contributed by atoms with Crippen LogP contribution in [0.5, 0.6) is 0 Å². The minimum Gasteiger partial charge on any atom is -0.351 e. The van der Waals surface area contributed by atoms with Crippen molar-refractivity contribution in [1.82, 2.24) is 9.88 Å². The number of carbonyl (C=O) groups is 1. The number of amides is 1. The van der Waals surface area contributed by atoms with Gasteiger partial charge in [0.05, 0.1) is 6.04 Å². The second kappa shape index (κ2) is 5.81. The number of hydrogen-bond donors (Lipinski definition) is 2. The van der Waals surface area contributed by atoms with E-state index in [-0.39, 0.29) is 5.91 Å². The Kier molecular flexibility index (Phi) is 3.86. The topological polar surface area (TPSA) is 60.0 Å². The molecule has 4 heteroatoms. The van der Waals surface area contributed by atoms with E-state index in [1.165, 1.54) is 21.8 Å². The van der Waals surface area contributed by atoms with Gasteiger partial charge in [0.2, 0.25) is 5.91 Å². The van der Waals surface area contributed by atoms with E-state index in [0.717, 1.165) is 12.1 Å². The Morgan fingerprint density at radius 2 is 1.91 bits per heavy atom. The maximum absolute atomic E-state index is 11.6. The highest BCUT2D eigenvalue weighted by Gasteiger charge is 2.10. The minimum atomic E-state index is -0.481. The number of aromatic nitrogens is 1. The fourth-order valence-corrected chi connectivity index (χ4v) is 2.90. The SMILES string of the molecule is CCn1c2ccccc2c2cc(CNC(=O)[C@@H](C)N)ccc21. The summed E-state index contributed by atoms with van der Waals surface area (Å²) in [6.07, 6.45) is 0. The van der Waals surface area contributed by atoms with Crippen molar-refractivity contribution in [1.29, 1.82) is 0 Å². The molecule has 4 nitrogen and oxygen atoms in total. The van der Waals surface area contributed by atoms with Crippen molar-refractivity contribution in [2.75, 3.05) is 0 Å². The predicted octanol–water partition coefficient (Wildman–Crippen LogP) is 2.78. The van der Waals surface area contributed by atoms with Crippen molar-refractivity contribution in [3.05, 3.63) is 48.0 Å². The Morgan fingerprint density at radius 1 is 1.18 bits per heavy atom. The molecule has 0 fully saturated rings. The summed E-state index contributed by atoms with van der Waals surface area (Å²) in [4.78, 5) is 11.6. The molecule has 0 aliphatic rings. The van der Waals surface area contributed by atoms with Crippen LogP contribution in [-0.2, 0) is 17.9 Å². The molecular weight excluding hydrogens is 274 g/mol. The molecule has 22 heavy (non-hydrogen) atoms. The number of carbonyl (C=O) groups excluding carboxylic acids is 1. The normalized spacial score (nSPS) is 12.7. The zero-order valence-electron chi connectivity index (χ0n) is 13.0. The van der Waals surface area contributed by atoms with Gasteiger partial charge in [-0.2, -0.15) is 0 Å². The molecule has 0 saturated carbocycles. The monoisotopic (exact) mass is 295 g/mol. The zero-order valence-corrected chi connectivity index (χ0v) is 13.0. The molecule has 3 N–H and O–H groups in total. The number of rotatable bonds is 4. The lowest BCUT2D eigenvalue weighted by atomic mass is 10.1. The number of benzene rings is 2. The number of fused-ring (bicyclic) bond motifs is 3. The van der Waals surface area contributed by atoms with E-state index in [1.807, 2.05) is 0 Å². The van der Waals surface area contributed by atoms with Crippen molar-refractivity contribution in [2.24, 2.45) is 5.73 Å². The number of nitrogens with one attached hydrogen (secondary N) is 1. The van der Waals surface area contributed by atoms with Crippen molar-refractivity contribution in [3.63, 3.8) is 0 Å². The molecule has 0 radical (unpaired) electrons. The molecule has 1 amide bonds. The highest BCUT2D eigenvalue weighted by molar-refractivity contribution is 6.08. The largest absolute Gasteiger partial charge is 0.351 e. The number of nitrogens with two attached hydrogens (primary N) is 1. The molecule has 114 valence electrons. The van der Waals surface area contributed by atoms with Gasteiger partial charge < -0.3 is 15.6 Å². The highest BCUT2D eigenvalue weighted by atomic mass is 16.2.